The molecule has 0 fully saturated rings. The molecule has 0 radical (unpaired) electrons. The van der Waals surface area contributed by atoms with Crippen molar-refractivity contribution in [2.75, 3.05) is 5.32 Å². The van der Waals surface area contributed by atoms with Crippen molar-refractivity contribution in [3.8, 4) is 5.13 Å². The van der Waals surface area contributed by atoms with Gasteiger partial charge in [-0.25, -0.2) is 4.98 Å². The van der Waals surface area contributed by atoms with E-state index in [9.17, 15) is 4.79 Å². The predicted molar refractivity (Wildman–Crippen MR) is 113 cm³/mol. The third-order valence-electron chi connectivity index (χ3n) is 4.91. The molecule has 0 saturated carbocycles. The summed E-state index contributed by atoms with van der Waals surface area (Å²) >= 11 is 13.8. The average molecular weight is 429 g/mol. The van der Waals surface area contributed by atoms with E-state index in [2.05, 4.69) is 10.3 Å². The number of hydrogen-bond donors (Lipinski definition) is 1. The largest absolute Gasteiger partial charge is 0.310 e. The summed E-state index contributed by atoms with van der Waals surface area (Å²) in [5, 5.41) is 9.38. The number of halogens is 2. The number of thiazole rings is 1. The second-order valence-corrected chi connectivity index (χ2v) is 8.53. The molecule has 28 heavy (non-hydrogen) atoms. The lowest BCUT2D eigenvalue weighted by atomic mass is 9.86. The fourth-order valence-corrected chi connectivity index (χ4v) is 4.88. The smallest absolute Gasteiger partial charge is 0.226 e. The maximum atomic E-state index is 12.5. The summed E-state index contributed by atoms with van der Waals surface area (Å²) in [4.78, 5) is 17.2. The molecule has 1 aliphatic heterocycles. The van der Waals surface area contributed by atoms with Gasteiger partial charge >= 0.3 is 0 Å². The molecule has 1 atom stereocenters. The van der Waals surface area contributed by atoms with Gasteiger partial charge in [0.15, 0.2) is 0 Å². The van der Waals surface area contributed by atoms with Gasteiger partial charge in [0.25, 0.3) is 0 Å². The fourth-order valence-electron chi connectivity index (χ4n) is 3.65. The van der Waals surface area contributed by atoms with Crippen molar-refractivity contribution in [2.24, 2.45) is 0 Å². The zero-order valence-electron chi connectivity index (χ0n) is 14.7. The first-order valence-electron chi connectivity index (χ1n) is 8.71. The minimum Gasteiger partial charge on any atom is -0.310 e. The highest BCUT2D eigenvalue weighted by atomic mass is 35.5. The van der Waals surface area contributed by atoms with Gasteiger partial charge in [0.2, 0.25) is 11.0 Å². The van der Waals surface area contributed by atoms with Crippen molar-refractivity contribution in [2.45, 2.75) is 19.3 Å². The lowest BCUT2D eigenvalue weighted by molar-refractivity contribution is -0.116. The van der Waals surface area contributed by atoms with E-state index >= 15 is 0 Å². The van der Waals surface area contributed by atoms with E-state index in [4.69, 9.17) is 28.3 Å². The summed E-state index contributed by atoms with van der Waals surface area (Å²) in [7, 11) is 0. The molecule has 0 unspecified atom stereocenters. The Bertz CT molecular complexity index is 1210. The van der Waals surface area contributed by atoms with Gasteiger partial charge in [-0.3, -0.25) is 4.79 Å². The van der Waals surface area contributed by atoms with Gasteiger partial charge in [0, 0.05) is 17.9 Å². The fraction of sp³-hybridized carbons (Fsp3) is 0.150. The number of nitrogens with zero attached hydrogens (tertiary/aromatic N) is 3. The van der Waals surface area contributed by atoms with E-state index < -0.39 is 0 Å². The van der Waals surface area contributed by atoms with Crippen LogP contribution in [-0.2, 0) is 4.79 Å². The Labute approximate surface area is 174 Å². The quantitative estimate of drug-likeness (QED) is 0.453. The number of nitrogens with one attached hydrogen (secondary N) is 1. The van der Waals surface area contributed by atoms with Crippen LogP contribution in [0.5, 0.6) is 0 Å². The van der Waals surface area contributed by atoms with Crippen LogP contribution in [0.1, 0.15) is 29.2 Å². The predicted octanol–water partition coefficient (Wildman–Crippen LogP) is 5.57. The van der Waals surface area contributed by atoms with Crippen LogP contribution in [0.2, 0.25) is 10.0 Å². The summed E-state index contributed by atoms with van der Waals surface area (Å²) in [6.07, 6.45) is 0.331. The van der Waals surface area contributed by atoms with Crippen LogP contribution in [0, 0.1) is 6.92 Å². The molecule has 0 aliphatic carbocycles. The van der Waals surface area contributed by atoms with Crippen LogP contribution in [0.4, 0.5) is 5.82 Å². The molecule has 5 rings (SSSR count). The highest BCUT2D eigenvalue weighted by Crippen LogP contribution is 2.42. The monoisotopic (exact) mass is 428 g/mol. The molecule has 140 valence electrons. The molecule has 4 aromatic rings. The van der Waals surface area contributed by atoms with Crippen LogP contribution in [0.3, 0.4) is 0 Å². The number of hydrogen-bond acceptors (Lipinski definition) is 4. The van der Waals surface area contributed by atoms with Gasteiger partial charge in [-0.05, 0) is 36.8 Å². The minimum atomic E-state index is -0.137. The molecular weight excluding hydrogens is 415 g/mol. The lowest BCUT2D eigenvalue weighted by Crippen LogP contribution is -2.24. The maximum Gasteiger partial charge on any atom is 0.226 e. The standard InChI is InChI=1S/C20H14Cl2N4OS/c1-10-18-12(11-6-7-13(21)14(22)8-11)9-17(27)24-19(18)26(25-10)20-23-15-4-2-3-5-16(15)28-20/h2-8,12H,9H2,1H3,(H,24,27)/t12-/m1/s1. The summed E-state index contributed by atoms with van der Waals surface area (Å²) in [5.41, 5.74) is 3.69. The molecule has 2 aromatic heterocycles. The highest BCUT2D eigenvalue weighted by Gasteiger charge is 2.33. The summed E-state index contributed by atoms with van der Waals surface area (Å²) in [6, 6.07) is 13.4. The molecule has 1 amide bonds. The van der Waals surface area contributed by atoms with Gasteiger partial charge in [-0.15, -0.1) is 0 Å². The molecule has 1 aliphatic rings. The number of rotatable bonds is 2. The Hall–Kier alpha value is -2.41. The van der Waals surface area contributed by atoms with E-state index in [1.54, 1.807) is 10.7 Å². The van der Waals surface area contributed by atoms with E-state index in [0.717, 1.165) is 32.2 Å². The number of amides is 1. The number of anilines is 1. The van der Waals surface area contributed by atoms with Crippen molar-refractivity contribution in [3.05, 3.63) is 69.3 Å². The topological polar surface area (TPSA) is 59.8 Å². The normalized spacial score (nSPS) is 16.2. The van der Waals surface area contributed by atoms with Crippen LogP contribution < -0.4 is 5.32 Å². The van der Waals surface area contributed by atoms with Gasteiger partial charge in [-0.1, -0.05) is 52.7 Å². The number of para-hydroxylation sites is 1. The summed E-state index contributed by atoms with van der Waals surface area (Å²) < 4.78 is 2.80. The van der Waals surface area contributed by atoms with Crippen molar-refractivity contribution < 1.29 is 4.79 Å². The van der Waals surface area contributed by atoms with Crippen LogP contribution in [-0.4, -0.2) is 20.7 Å². The van der Waals surface area contributed by atoms with Crippen LogP contribution in [0.15, 0.2) is 42.5 Å². The van der Waals surface area contributed by atoms with E-state index in [1.165, 1.54) is 11.3 Å². The first-order valence-corrected chi connectivity index (χ1v) is 10.3. The number of aryl methyl sites for hydroxylation is 1. The Balaban J connectivity index is 1.68. The molecule has 1 N–H and O–H groups in total. The van der Waals surface area contributed by atoms with Crippen molar-refractivity contribution in [1.82, 2.24) is 14.8 Å². The van der Waals surface area contributed by atoms with E-state index in [1.807, 2.05) is 43.3 Å². The van der Waals surface area contributed by atoms with Gasteiger partial charge in [-0.2, -0.15) is 9.78 Å². The second-order valence-electron chi connectivity index (χ2n) is 6.70. The Kier molecular flexibility index (Phi) is 4.16. The highest BCUT2D eigenvalue weighted by molar-refractivity contribution is 7.20. The SMILES string of the molecule is Cc1nn(-c2nc3ccccc3s2)c2c1[C@@H](c1ccc(Cl)c(Cl)c1)CC(=O)N2. The molecule has 8 heteroatoms. The first-order chi connectivity index (χ1) is 13.5. The number of aromatic nitrogens is 3. The Morgan fingerprint density at radius 3 is 2.79 bits per heavy atom. The Morgan fingerprint density at radius 1 is 1.18 bits per heavy atom. The Morgan fingerprint density at radius 2 is 2.00 bits per heavy atom. The molecule has 2 aromatic carbocycles. The summed E-state index contributed by atoms with van der Waals surface area (Å²) in [6.45, 7) is 1.95. The third kappa shape index (κ3) is 2.80. The molecule has 5 nitrogen and oxygen atoms in total. The van der Waals surface area contributed by atoms with Gasteiger partial charge < -0.3 is 5.32 Å². The number of carbonyl (C=O) groups excluding carboxylic acids is 1. The van der Waals surface area contributed by atoms with Crippen molar-refractivity contribution in [1.29, 1.82) is 0 Å². The number of benzene rings is 2. The summed E-state index contributed by atoms with van der Waals surface area (Å²) in [5.74, 6) is 0.469. The van der Waals surface area contributed by atoms with Gasteiger partial charge in [0.05, 0.1) is 26.0 Å². The minimum absolute atomic E-state index is 0.0640. The first kappa shape index (κ1) is 17.7. The molecule has 0 saturated heterocycles. The van der Waals surface area contributed by atoms with E-state index in [0.29, 0.717) is 22.3 Å². The van der Waals surface area contributed by atoms with Gasteiger partial charge in [0.1, 0.15) is 5.82 Å². The van der Waals surface area contributed by atoms with E-state index in [-0.39, 0.29) is 11.8 Å². The molecule has 0 spiro atoms. The molecule has 0 bridgehead atoms. The zero-order valence-corrected chi connectivity index (χ0v) is 17.1. The zero-order chi connectivity index (χ0) is 19.4. The van der Waals surface area contributed by atoms with Crippen LogP contribution >= 0.6 is 34.5 Å². The maximum absolute atomic E-state index is 12.5. The molecular formula is C20H14Cl2N4OS. The molecule has 3 heterocycles. The van der Waals surface area contributed by atoms with Crippen molar-refractivity contribution in [3.63, 3.8) is 0 Å². The van der Waals surface area contributed by atoms with Crippen molar-refractivity contribution >= 4 is 56.5 Å². The lowest BCUT2D eigenvalue weighted by Gasteiger charge is -2.24. The number of fused-ring (bicyclic) bond motifs is 2. The second kappa shape index (κ2) is 6.58. The van der Waals surface area contributed by atoms with Crippen LogP contribution in [0.25, 0.3) is 15.3 Å². The number of carbonyl (C=O) groups is 1. The third-order valence-corrected chi connectivity index (χ3v) is 6.66. The average Bonchev–Trinajstić information content (AvgIpc) is 3.24.